The summed E-state index contributed by atoms with van der Waals surface area (Å²) >= 11 is 6.11. The van der Waals surface area contributed by atoms with Gasteiger partial charge in [0.25, 0.3) is 0 Å². The Morgan fingerprint density at radius 2 is 1.60 bits per heavy atom. The van der Waals surface area contributed by atoms with E-state index in [2.05, 4.69) is 22.9 Å². The molecule has 0 spiro atoms. The Labute approximate surface area is 239 Å². The molecule has 3 heterocycles. The van der Waals surface area contributed by atoms with E-state index >= 15 is 0 Å². The van der Waals surface area contributed by atoms with Crippen LogP contribution in [0.3, 0.4) is 0 Å². The van der Waals surface area contributed by atoms with Crippen LogP contribution in [0.2, 0.25) is 5.02 Å². The van der Waals surface area contributed by atoms with E-state index in [0.29, 0.717) is 50.5 Å². The fourth-order valence-electron chi connectivity index (χ4n) is 5.47. The molecule has 1 aromatic heterocycles. The standard InChI is InChI=1S/C32H33ClF2N4O/c1-2-22-20-28(23-6-10-26(34)11-7-23)29(37-32(22)24-8-12-27(35)13-9-24)4-3-5-31(40)39-18-16-38(17-19-39)30-21-25(33)14-15-36-30/h6-15,20-22,29H,2-5,16-19H2,1H3. The van der Waals surface area contributed by atoms with Gasteiger partial charge in [-0.2, -0.15) is 0 Å². The van der Waals surface area contributed by atoms with E-state index in [1.165, 1.54) is 24.3 Å². The number of anilines is 1. The minimum absolute atomic E-state index is 0.0636. The van der Waals surface area contributed by atoms with Crippen molar-refractivity contribution in [3.05, 3.63) is 101 Å². The lowest BCUT2D eigenvalue weighted by Gasteiger charge is -2.35. The highest BCUT2D eigenvalue weighted by Gasteiger charge is 2.27. The van der Waals surface area contributed by atoms with E-state index in [1.54, 1.807) is 36.5 Å². The van der Waals surface area contributed by atoms with Gasteiger partial charge in [-0.15, -0.1) is 0 Å². The van der Waals surface area contributed by atoms with E-state index < -0.39 is 0 Å². The van der Waals surface area contributed by atoms with Gasteiger partial charge in [-0.1, -0.05) is 48.9 Å². The number of amides is 1. The molecule has 5 rings (SSSR count). The summed E-state index contributed by atoms with van der Waals surface area (Å²) in [6.45, 7) is 4.81. The molecule has 1 saturated heterocycles. The molecule has 8 heteroatoms. The third kappa shape index (κ3) is 6.58. The summed E-state index contributed by atoms with van der Waals surface area (Å²) in [6.07, 6.45) is 6.54. The van der Waals surface area contributed by atoms with Crippen LogP contribution in [0.4, 0.5) is 14.6 Å². The van der Waals surface area contributed by atoms with E-state index in [4.69, 9.17) is 16.6 Å². The van der Waals surface area contributed by atoms with Crippen LogP contribution in [0, 0.1) is 17.6 Å². The fourth-order valence-corrected chi connectivity index (χ4v) is 5.62. The number of nitrogens with zero attached hydrogens (tertiary/aromatic N) is 4. The number of rotatable bonds is 8. The summed E-state index contributed by atoms with van der Waals surface area (Å²) in [7, 11) is 0. The molecule has 0 aliphatic carbocycles. The summed E-state index contributed by atoms with van der Waals surface area (Å²) in [5.41, 5.74) is 3.81. The second-order valence-electron chi connectivity index (χ2n) is 10.3. The summed E-state index contributed by atoms with van der Waals surface area (Å²) in [4.78, 5) is 26.7. The van der Waals surface area contributed by atoms with Gasteiger partial charge in [0.15, 0.2) is 0 Å². The molecule has 2 atom stereocenters. The number of halogens is 3. The van der Waals surface area contributed by atoms with E-state index in [-0.39, 0.29) is 29.5 Å². The van der Waals surface area contributed by atoms with Gasteiger partial charge in [-0.05, 0) is 72.4 Å². The van der Waals surface area contributed by atoms with Crippen LogP contribution >= 0.6 is 11.6 Å². The number of aromatic nitrogens is 1. The topological polar surface area (TPSA) is 48.8 Å². The highest BCUT2D eigenvalue weighted by atomic mass is 35.5. The predicted octanol–water partition coefficient (Wildman–Crippen LogP) is 6.81. The van der Waals surface area contributed by atoms with Crippen LogP contribution < -0.4 is 4.90 Å². The number of carbonyl (C=O) groups is 1. The predicted molar refractivity (Wildman–Crippen MR) is 157 cm³/mol. The first-order valence-electron chi connectivity index (χ1n) is 13.9. The zero-order valence-electron chi connectivity index (χ0n) is 22.6. The number of dihydropyridines is 1. The monoisotopic (exact) mass is 562 g/mol. The molecule has 2 aromatic carbocycles. The molecule has 5 nitrogen and oxygen atoms in total. The molecule has 0 radical (unpaired) electrons. The Hall–Kier alpha value is -3.58. The first kappa shape index (κ1) is 28.0. The Morgan fingerprint density at radius 1 is 0.950 bits per heavy atom. The molecule has 0 saturated carbocycles. The molecule has 2 unspecified atom stereocenters. The second-order valence-corrected chi connectivity index (χ2v) is 10.7. The largest absolute Gasteiger partial charge is 0.353 e. The third-order valence-corrected chi connectivity index (χ3v) is 7.91. The van der Waals surface area contributed by atoms with Crippen LogP contribution in [0.25, 0.3) is 5.57 Å². The number of pyridine rings is 1. The van der Waals surface area contributed by atoms with Gasteiger partial charge in [0.1, 0.15) is 17.5 Å². The highest BCUT2D eigenvalue weighted by Crippen LogP contribution is 2.34. The van der Waals surface area contributed by atoms with Crippen molar-refractivity contribution in [3.63, 3.8) is 0 Å². The van der Waals surface area contributed by atoms with E-state index in [9.17, 15) is 13.6 Å². The smallest absolute Gasteiger partial charge is 0.222 e. The number of hydrogen-bond acceptors (Lipinski definition) is 4. The average molecular weight is 563 g/mol. The minimum atomic E-state index is -0.282. The molecular weight excluding hydrogens is 530 g/mol. The van der Waals surface area contributed by atoms with Crippen molar-refractivity contribution in [3.8, 4) is 0 Å². The van der Waals surface area contributed by atoms with Gasteiger partial charge < -0.3 is 9.80 Å². The van der Waals surface area contributed by atoms with E-state index in [0.717, 1.165) is 34.7 Å². The number of allylic oxidation sites excluding steroid dienone is 1. The maximum absolute atomic E-state index is 13.7. The van der Waals surface area contributed by atoms with Crippen LogP contribution in [-0.2, 0) is 4.79 Å². The lowest BCUT2D eigenvalue weighted by atomic mass is 9.83. The van der Waals surface area contributed by atoms with Gasteiger partial charge >= 0.3 is 0 Å². The highest BCUT2D eigenvalue weighted by molar-refractivity contribution is 6.30. The Morgan fingerprint density at radius 3 is 2.23 bits per heavy atom. The second kappa shape index (κ2) is 12.7. The van der Waals surface area contributed by atoms with Gasteiger partial charge in [-0.25, -0.2) is 13.8 Å². The van der Waals surface area contributed by atoms with Crippen molar-refractivity contribution in [2.24, 2.45) is 10.9 Å². The molecule has 0 bridgehead atoms. The van der Waals surface area contributed by atoms with Crippen molar-refractivity contribution in [1.29, 1.82) is 0 Å². The van der Waals surface area contributed by atoms with Crippen molar-refractivity contribution < 1.29 is 13.6 Å². The molecule has 2 aliphatic heterocycles. The zero-order valence-corrected chi connectivity index (χ0v) is 23.3. The number of benzene rings is 2. The van der Waals surface area contributed by atoms with Crippen LogP contribution in [0.5, 0.6) is 0 Å². The van der Waals surface area contributed by atoms with Crippen molar-refractivity contribution in [2.75, 3.05) is 31.1 Å². The first-order valence-corrected chi connectivity index (χ1v) is 14.2. The Balaban J connectivity index is 1.26. The van der Waals surface area contributed by atoms with Crippen molar-refractivity contribution in [1.82, 2.24) is 9.88 Å². The van der Waals surface area contributed by atoms with Crippen LogP contribution in [-0.4, -0.2) is 53.7 Å². The van der Waals surface area contributed by atoms with Crippen molar-refractivity contribution >= 4 is 34.6 Å². The fraction of sp³-hybridized carbons (Fsp3) is 0.344. The average Bonchev–Trinajstić information content (AvgIpc) is 2.98. The zero-order chi connectivity index (χ0) is 28.1. The van der Waals surface area contributed by atoms with Gasteiger partial charge in [0.2, 0.25) is 5.91 Å². The third-order valence-electron chi connectivity index (χ3n) is 7.68. The molecule has 2 aliphatic rings. The van der Waals surface area contributed by atoms with Gasteiger partial charge in [0.05, 0.1) is 6.04 Å². The summed E-state index contributed by atoms with van der Waals surface area (Å²) < 4.78 is 27.3. The number of hydrogen-bond donors (Lipinski definition) is 0. The van der Waals surface area contributed by atoms with E-state index in [1.807, 2.05) is 11.0 Å². The molecule has 3 aromatic rings. The molecule has 1 amide bonds. The van der Waals surface area contributed by atoms with Crippen molar-refractivity contribution in [2.45, 2.75) is 38.6 Å². The quantitative estimate of drug-likeness (QED) is 0.303. The lowest BCUT2D eigenvalue weighted by Crippen LogP contribution is -2.49. The summed E-state index contributed by atoms with van der Waals surface area (Å²) in [6, 6.07) is 16.4. The number of piperazine rings is 1. The van der Waals surface area contributed by atoms with Gasteiger partial charge in [-0.3, -0.25) is 9.79 Å². The SMILES string of the molecule is CCC1C=C(c2ccc(F)cc2)C(CCCC(=O)N2CCN(c3cc(Cl)ccn3)CC2)N=C1c1ccc(F)cc1. The molecule has 1 fully saturated rings. The molecule has 208 valence electrons. The summed E-state index contributed by atoms with van der Waals surface area (Å²) in [5.74, 6) is 0.466. The van der Waals surface area contributed by atoms with Gasteiger partial charge in [0, 0.05) is 55.4 Å². The number of carbonyl (C=O) groups excluding carboxylic acids is 1. The molecular formula is C32H33ClF2N4O. The molecule has 40 heavy (non-hydrogen) atoms. The summed E-state index contributed by atoms with van der Waals surface area (Å²) in [5, 5.41) is 0.649. The first-order chi connectivity index (χ1) is 19.4. The van der Waals surface area contributed by atoms with Crippen LogP contribution in [0.15, 0.2) is 77.9 Å². The maximum Gasteiger partial charge on any atom is 0.222 e. The Bertz CT molecular complexity index is 1380. The molecule has 0 N–H and O–H groups in total. The maximum atomic E-state index is 13.7. The number of aliphatic imine (C=N–C) groups is 1. The van der Waals surface area contributed by atoms with Crippen LogP contribution in [0.1, 0.15) is 43.7 Å². The lowest BCUT2D eigenvalue weighted by molar-refractivity contribution is -0.131. The Kier molecular flexibility index (Phi) is 8.90. The minimum Gasteiger partial charge on any atom is -0.353 e. The normalized spacial score (nSPS) is 19.3.